The molecule has 0 bridgehead atoms. The number of hydrogen-bond acceptors (Lipinski definition) is 5. The summed E-state index contributed by atoms with van der Waals surface area (Å²) in [5.41, 5.74) is 2.71. The molecule has 1 aliphatic rings. The van der Waals surface area contributed by atoms with E-state index in [2.05, 4.69) is 45.5 Å². The summed E-state index contributed by atoms with van der Waals surface area (Å²) in [6, 6.07) is 7.99. The Hall–Kier alpha value is -2.43. The van der Waals surface area contributed by atoms with Crippen molar-refractivity contribution in [2.75, 3.05) is 5.32 Å². The molecule has 0 atom stereocenters. The quantitative estimate of drug-likeness (QED) is 0.843. The Bertz CT molecular complexity index is 758. The number of fused-ring (bicyclic) bond motifs is 1. The minimum atomic E-state index is -0.233. The van der Waals surface area contributed by atoms with Gasteiger partial charge in [-0.05, 0) is 39.8 Å². The average Bonchev–Trinajstić information content (AvgIpc) is 2.36. The van der Waals surface area contributed by atoms with Crippen LogP contribution in [0.25, 0.3) is 10.9 Å². The second kappa shape index (κ2) is 4.84. The summed E-state index contributed by atoms with van der Waals surface area (Å²) < 4.78 is 0. The lowest BCUT2D eigenvalue weighted by Gasteiger charge is -2.25. The van der Waals surface area contributed by atoms with E-state index < -0.39 is 0 Å². The largest absolute Gasteiger partial charge is 0.330 e. The smallest absolute Gasteiger partial charge is 0.230 e. The number of nitrogens with zero attached hydrogens (tertiary/aromatic N) is 3. The lowest BCUT2D eigenvalue weighted by Crippen LogP contribution is -2.38. The Morgan fingerprint density at radius 1 is 1.10 bits per heavy atom. The van der Waals surface area contributed by atoms with Gasteiger partial charge in [-0.1, -0.05) is 18.2 Å². The van der Waals surface area contributed by atoms with E-state index in [1.807, 2.05) is 38.1 Å². The van der Waals surface area contributed by atoms with E-state index in [4.69, 9.17) is 0 Å². The fourth-order valence-corrected chi connectivity index (χ4v) is 2.56. The van der Waals surface area contributed by atoms with Gasteiger partial charge in [-0.2, -0.15) is 0 Å². The molecule has 5 heteroatoms. The molecule has 0 spiro atoms. The van der Waals surface area contributed by atoms with Crippen LogP contribution in [-0.4, -0.2) is 21.5 Å². The highest BCUT2D eigenvalue weighted by Crippen LogP contribution is 2.19. The fourth-order valence-electron chi connectivity index (χ4n) is 2.56. The fraction of sp³-hybridized carbons (Fsp3) is 0.312. The van der Waals surface area contributed by atoms with Crippen LogP contribution in [0, 0.1) is 6.92 Å². The molecule has 0 unspecified atom stereocenters. The first-order valence-corrected chi connectivity index (χ1v) is 7.00. The lowest BCUT2D eigenvalue weighted by atomic mass is 10.0. The molecule has 1 aromatic carbocycles. The van der Waals surface area contributed by atoms with Gasteiger partial charge < -0.3 is 5.32 Å². The molecule has 1 aromatic heterocycles. The Balaban J connectivity index is 1.94. The maximum absolute atomic E-state index is 4.61. The van der Waals surface area contributed by atoms with Crippen molar-refractivity contribution in [3.8, 4) is 0 Å². The van der Waals surface area contributed by atoms with Gasteiger partial charge in [0.2, 0.25) is 11.9 Å². The lowest BCUT2D eigenvalue weighted by molar-refractivity contribution is 0.631. The number of guanidine groups is 1. The number of allylic oxidation sites excluding steroid dienone is 1. The standard InChI is InChI=1S/C16H19N5/c1-10-9-16(3,4)21-15(17-10)20-14-18-11(2)12-7-5-6-8-13(12)19-14/h5-9H,1-4H3,(H2,17,18,19,20,21). The maximum atomic E-state index is 4.61. The van der Waals surface area contributed by atoms with Crippen LogP contribution in [0.5, 0.6) is 0 Å². The molecule has 0 aliphatic carbocycles. The number of nitrogens with one attached hydrogen (secondary N) is 2. The van der Waals surface area contributed by atoms with Gasteiger partial charge in [-0.3, -0.25) is 5.32 Å². The summed E-state index contributed by atoms with van der Waals surface area (Å²) in [5.74, 6) is 1.23. The van der Waals surface area contributed by atoms with Gasteiger partial charge in [0.05, 0.1) is 16.7 Å². The molecule has 1 aliphatic heterocycles. The van der Waals surface area contributed by atoms with Crippen LogP contribution in [0.1, 0.15) is 26.5 Å². The zero-order chi connectivity index (χ0) is 15.0. The summed E-state index contributed by atoms with van der Waals surface area (Å²) in [4.78, 5) is 13.7. The highest BCUT2D eigenvalue weighted by atomic mass is 15.3. The Morgan fingerprint density at radius 3 is 2.62 bits per heavy atom. The topological polar surface area (TPSA) is 62.2 Å². The first-order valence-electron chi connectivity index (χ1n) is 7.00. The van der Waals surface area contributed by atoms with Crippen molar-refractivity contribution in [3.05, 3.63) is 41.7 Å². The molecule has 2 aromatic rings. The number of benzene rings is 1. The van der Waals surface area contributed by atoms with Gasteiger partial charge in [0.15, 0.2) is 0 Å². The Morgan fingerprint density at radius 2 is 1.86 bits per heavy atom. The molecule has 0 amide bonds. The highest BCUT2D eigenvalue weighted by molar-refractivity contribution is 5.95. The van der Waals surface area contributed by atoms with E-state index >= 15 is 0 Å². The summed E-state index contributed by atoms with van der Waals surface area (Å²) in [6.45, 7) is 8.13. The van der Waals surface area contributed by atoms with Crippen LogP contribution >= 0.6 is 0 Å². The number of aryl methyl sites for hydroxylation is 1. The predicted molar refractivity (Wildman–Crippen MR) is 86.3 cm³/mol. The first-order chi connectivity index (χ1) is 9.93. The van der Waals surface area contributed by atoms with E-state index in [0.29, 0.717) is 11.9 Å². The van der Waals surface area contributed by atoms with Gasteiger partial charge in [0.25, 0.3) is 0 Å². The third kappa shape index (κ3) is 2.86. The van der Waals surface area contributed by atoms with Crippen molar-refractivity contribution in [2.45, 2.75) is 33.2 Å². The third-order valence-corrected chi connectivity index (χ3v) is 3.31. The highest BCUT2D eigenvalue weighted by Gasteiger charge is 2.20. The van der Waals surface area contributed by atoms with Gasteiger partial charge >= 0.3 is 0 Å². The number of aromatic nitrogens is 2. The van der Waals surface area contributed by atoms with Crippen molar-refractivity contribution < 1.29 is 0 Å². The number of anilines is 1. The molecule has 0 fully saturated rings. The van der Waals surface area contributed by atoms with Gasteiger partial charge in [0, 0.05) is 11.1 Å². The van der Waals surface area contributed by atoms with E-state index in [9.17, 15) is 0 Å². The van der Waals surface area contributed by atoms with E-state index in [-0.39, 0.29) is 5.54 Å². The van der Waals surface area contributed by atoms with Crippen molar-refractivity contribution in [1.82, 2.24) is 15.3 Å². The summed E-state index contributed by atoms with van der Waals surface area (Å²) in [6.07, 6.45) is 2.09. The molecule has 2 heterocycles. The SMILES string of the molecule is CC1=CC(C)(C)N=C(Nc2nc(C)c3ccccc3n2)N1. The molecule has 0 radical (unpaired) electrons. The molecule has 2 N–H and O–H groups in total. The van der Waals surface area contributed by atoms with E-state index in [1.165, 1.54) is 0 Å². The average molecular weight is 281 g/mol. The van der Waals surface area contributed by atoms with E-state index in [1.54, 1.807) is 0 Å². The van der Waals surface area contributed by atoms with Crippen molar-refractivity contribution in [3.63, 3.8) is 0 Å². The second-order valence-corrected chi connectivity index (χ2v) is 5.84. The molecular weight excluding hydrogens is 262 g/mol. The predicted octanol–water partition coefficient (Wildman–Crippen LogP) is 2.99. The Labute approximate surface area is 124 Å². The molecular formula is C16H19N5. The molecule has 5 nitrogen and oxygen atoms in total. The number of para-hydroxylation sites is 1. The van der Waals surface area contributed by atoms with Crippen LogP contribution in [0.3, 0.4) is 0 Å². The molecule has 0 saturated heterocycles. The monoisotopic (exact) mass is 281 g/mol. The Kier molecular flexibility index (Phi) is 3.12. The maximum Gasteiger partial charge on any atom is 0.230 e. The zero-order valence-corrected chi connectivity index (χ0v) is 12.7. The molecule has 21 heavy (non-hydrogen) atoms. The first kappa shape index (κ1) is 13.5. The summed E-state index contributed by atoms with van der Waals surface area (Å²) in [5, 5.41) is 7.45. The van der Waals surface area contributed by atoms with Gasteiger partial charge in [0.1, 0.15) is 0 Å². The minimum Gasteiger partial charge on any atom is -0.330 e. The normalized spacial score (nSPS) is 17.0. The molecule has 0 saturated carbocycles. The summed E-state index contributed by atoms with van der Waals surface area (Å²) >= 11 is 0. The van der Waals surface area contributed by atoms with Gasteiger partial charge in [-0.15, -0.1) is 0 Å². The molecule has 108 valence electrons. The van der Waals surface area contributed by atoms with Crippen molar-refractivity contribution in [2.24, 2.45) is 4.99 Å². The second-order valence-electron chi connectivity index (χ2n) is 5.84. The molecule has 3 rings (SSSR count). The van der Waals surface area contributed by atoms with Crippen LogP contribution in [0.2, 0.25) is 0 Å². The number of aliphatic imine (C=N–C) groups is 1. The van der Waals surface area contributed by atoms with Gasteiger partial charge in [-0.25, -0.2) is 15.0 Å². The van der Waals surface area contributed by atoms with E-state index in [0.717, 1.165) is 22.3 Å². The van der Waals surface area contributed by atoms with Crippen LogP contribution in [0.4, 0.5) is 5.95 Å². The number of rotatable bonds is 1. The number of hydrogen-bond donors (Lipinski definition) is 2. The summed E-state index contributed by atoms with van der Waals surface area (Å²) in [7, 11) is 0. The minimum absolute atomic E-state index is 0.233. The van der Waals surface area contributed by atoms with Crippen molar-refractivity contribution >= 4 is 22.8 Å². The van der Waals surface area contributed by atoms with Crippen LogP contribution in [-0.2, 0) is 0 Å². The third-order valence-electron chi connectivity index (χ3n) is 3.31. The zero-order valence-electron chi connectivity index (χ0n) is 12.7. The van der Waals surface area contributed by atoms with Crippen LogP contribution < -0.4 is 10.6 Å². The van der Waals surface area contributed by atoms with Crippen molar-refractivity contribution in [1.29, 1.82) is 0 Å². The van der Waals surface area contributed by atoms with Crippen LogP contribution in [0.15, 0.2) is 41.0 Å².